The zero-order valence-electron chi connectivity index (χ0n) is 8.49. The van der Waals surface area contributed by atoms with Gasteiger partial charge in [0.1, 0.15) is 0 Å². The van der Waals surface area contributed by atoms with Crippen LogP contribution in [0.1, 0.15) is 0 Å². The van der Waals surface area contributed by atoms with Gasteiger partial charge in [0.15, 0.2) is 0 Å². The van der Waals surface area contributed by atoms with Crippen molar-refractivity contribution in [3.8, 4) is 0 Å². The molecule has 0 heterocycles. The summed E-state index contributed by atoms with van der Waals surface area (Å²) in [6, 6.07) is 9.48. The third-order valence-electron chi connectivity index (χ3n) is 2.27. The van der Waals surface area contributed by atoms with Crippen LogP contribution in [0.15, 0.2) is 46.3 Å². The summed E-state index contributed by atoms with van der Waals surface area (Å²) >= 11 is 4.50. The molecule has 0 aliphatic heterocycles. The Morgan fingerprint density at radius 3 is 2.41 bits per heavy atom. The van der Waals surface area contributed by atoms with Gasteiger partial charge in [-0.05, 0) is 47.3 Å². The Bertz CT molecular complexity index is 731. The quantitative estimate of drug-likeness (QED) is 0.515. The lowest BCUT2D eigenvalue weighted by atomic mass is 10.1. The first-order chi connectivity index (χ1) is 8.00. The van der Waals surface area contributed by atoms with Gasteiger partial charge in [0.05, 0.1) is 15.7 Å². The first-order valence-electron chi connectivity index (χ1n) is 4.60. The molecular weight excluding hydrogens is 258 g/mol. The van der Waals surface area contributed by atoms with E-state index in [4.69, 9.17) is 4.55 Å². The normalized spacial score (nSPS) is 11.1. The number of isothiocyanates is 1. The third kappa shape index (κ3) is 2.57. The van der Waals surface area contributed by atoms with Crippen molar-refractivity contribution in [2.24, 2.45) is 4.99 Å². The molecule has 0 saturated carbocycles. The number of fused-ring (bicyclic) bond motifs is 1. The first kappa shape index (κ1) is 11.9. The van der Waals surface area contributed by atoms with Crippen molar-refractivity contribution in [3.05, 3.63) is 36.4 Å². The highest BCUT2D eigenvalue weighted by atomic mass is 32.2. The molecule has 86 valence electrons. The van der Waals surface area contributed by atoms with Crippen molar-refractivity contribution in [3.63, 3.8) is 0 Å². The minimum absolute atomic E-state index is 0.129. The number of thiocarbonyl (C=S) groups is 1. The van der Waals surface area contributed by atoms with Gasteiger partial charge in [-0.25, -0.2) is 0 Å². The van der Waals surface area contributed by atoms with Crippen molar-refractivity contribution in [1.82, 2.24) is 0 Å². The van der Waals surface area contributed by atoms with Gasteiger partial charge >= 0.3 is 0 Å². The standard InChI is InChI=1S/C11H7NO3S2/c13-17(14,15)11-4-2-8-5-10(12-7-16)3-1-9(8)6-11/h1-6H,(H,13,14,15). The number of aliphatic imine (C=N–C) groups is 1. The van der Waals surface area contributed by atoms with Gasteiger partial charge in [0.2, 0.25) is 0 Å². The van der Waals surface area contributed by atoms with Crippen molar-refractivity contribution < 1.29 is 13.0 Å². The van der Waals surface area contributed by atoms with E-state index in [1.807, 2.05) is 0 Å². The Labute approximate surface area is 103 Å². The van der Waals surface area contributed by atoms with Gasteiger partial charge in [-0.15, -0.1) is 0 Å². The first-order valence-corrected chi connectivity index (χ1v) is 6.45. The molecule has 4 nitrogen and oxygen atoms in total. The van der Waals surface area contributed by atoms with E-state index in [2.05, 4.69) is 22.4 Å². The van der Waals surface area contributed by atoms with Gasteiger partial charge in [0.25, 0.3) is 10.1 Å². The van der Waals surface area contributed by atoms with Gasteiger partial charge in [-0.2, -0.15) is 13.4 Å². The lowest BCUT2D eigenvalue weighted by molar-refractivity contribution is 0.483. The Kier molecular flexibility index (Phi) is 3.04. The molecule has 1 N–H and O–H groups in total. The number of benzene rings is 2. The summed E-state index contributed by atoms with van der Waals surface area (Å²) in [4.78, 5) is 3.70. The van der Waals surface area contributed by atoms with E-state index in [0.29, 0.717) is 11.1 Å². The number of rotatable bonds is 2. The van der Waals surface area contributed by atoms with Crippen LogP contribution in [0.5, 0.6) is 0 Å². The second-order valence-corrected chi connectivity index (χ2v) is 4.98. The molecule has 0 radical (unpaired) electrons. The molecule has 0 aromatic heterocycles. The monoisotopic (exact) mass is 265 g/mol. The molecule has 6 heteroatoms. The molecule has 0 aliphatic rings. The summed E-state index contributed by atoms with van der Waals surface area (Å²) in [6.07, 6.45) is 0. The second kappa shape index (κ2) is 4.35. The van der Waals surface area contributed by atoms with E-state index in [-0.39, 0.29) is 4.90 Å². The molecule has 0 fully saturated rings. The number of hydrogen-bond donors (Lipinski definition) is 1. The van der Waals surface area contributed by atoms with Crippen LogP contribution in [0.25, 0.3) is 10.8 Å². The van der Waals surface area contributed by atoms with Crippen LogP contribution in [0.2, 0.25) is 0 Å². The summed E-state index contributed by atoms with van der Waals surface area (Å²) in [7, 11) is -4.17. The van der Waals surface area contributed by atoms with Crippen LogP contribution in [0.4, 0.5) is 5.69 Å². The molecule has 2 aromatic rings. The minimum Gasteiger partial charge on any atom is -0.282 e. The van der Waals surface area contributed by atoms with E-state index in [1.165, 1.54) is 12.1 Å². The average Bonchev–Trinajstić information content (AvgIpc) is 2.27. The zero-order valence-corrected chi connectivity index (χ0v) is 10.1. The van der Waals surface area contributed by atoms with Gasteiger partial charge in [-0.1, -0.05) is 12.1 Å². The molecule has 0 bridgehead atoms. The van der Waals surface area contributed by atoms with E-state index in [1.54, 1.807) is 24.3 Å². The molecule has 0 saturated heterocycles. The zero-order chi connectivity index (χ0) is 12.5. The average molecular weight is 265 g/mol. The maximum Gasteiger partial charge on any atom is 0.294 e. The summed E-state index contributed by atoms with van der Waals surface area (Å²) in [5.74, 6) is 0. The summed E-state index contributed by atoms with van der Waals surface area (Å²) < 4.78 is 30.8. The van der Waals surface area contributed by atoms with E-state index in [0.717, 1.165) is 5.39 Å². The molecule has 0 aliphatic carbocycles. The van der Waals surface area contributed by atoms with Crippen molar-refractivity contribution in [2.75, 3.05) is 0 Å². The topological polar surface area (TPSA) is 66.7 Å². The lowest BCUT2D eigenvalue weighted by Gasteiger charge is -2.01. The van der Waals surface area contributed by atoms with Gasteiger partial charge < -0.3 is 0 Å². The molecule has 0 amide bonds. The molecule has 2 rings (SSSR count). The molecule has 0 spiro atoms. The van der Waals surface area contributed by atoms with Crippen LogP contribution in [-0.2, 0) is 10.1 Å². The fourth-order valence-corrected chi connectivity index (χ4v) is 2.12. The smallest absolute Gasteiger partial charge is 0.282 e. The number of hydrogen-bond acceptors (Lipinski definition) is 4. The highest BCUT2D eigenvalue weighted by Gasteiger charge is 2.09. The largest absolute Gasteiger partial charge is 0.294 e. The Morgan fingerprint density at radius 2 is 1.76 bits per heavy atom. The van der Waals surface area contributed by atoms with Gasteiger partial charge in [0, 0.05) is 0 Å². The fourth-order valence-electron chi connectivity index (χ4n) is 1.49. The van der Waals surface area contributed by atoms with E-state index in [9.17, 15) is 8.42 Å². The summed E-state index contributed by atoms with van der Waals surface area (Å²) in [5.41, 5.74) is 0.645. The van der Waals surface area contributed by atoms with Gasteiger partial charge in [-0.3, -0.25) is 4.55 Å². The lowest BCUT2D eigenvalue weighted by Crippen LogP contribution is -1.97. The van der Waals surface area contributed by atoms with Crippen LogP contribution >= 0.6 is 12.2 Å². The molecule has 2 aromatic carbocycles. The maximum atomic E-state index is 11.0. The second-order valence-electron chi connectivity index (χ2n) is 3.37. The van der Waals surface area contributed by atoms with Crippen molar-refractivity contribution >= 4 is 44.0 Å². The summed E-state index contributed by atoms with van der Waals surface area (Å²) in [5, 5.41) is 3.76. The van der Waals surface area contributed by atoms with Crippen LogP contribution < -0.4 is 0 Å². The molecule has 0 unspecified atom stereocenters. The van der Waals surface area contributed by atoms with Crippen LogP contribution in [-0.4, -0.2) is 18.1 Å². The highest BCUT2D eigenvalue weighted by Crippen LogP contribution is 2.23. The predicted molar refractivity (Wildman–Crippen MR) is 68.4 cm³/mol. The number of nitrogens with zero attached hydrogens (tertiary/aromatic N) is 1. The van der Waals surface area contributed by atoms with Crippen molar-refractivity contribution in [2.45, 2.75) is 4.90 Å². The summed E-state index contributed by atoms with van der Waals surface area (Å²) in [6.45, 7) is 0. The SMILES string of the molecule is O=S(=O)(O)c1ccc2cc(N=C=S)ccc2c1. The molecule has 0 atom stereocenters. The minimum atomic E-state index is -4.17. The van der Waals surface area contributed by atoms with E-state index < -0.39 is 10.1 Å². The van der Waals surface area contributed by atoms with Crippen LogP contribution in [0, 0.1) is 0 Å². The predicted octanol–water partition coefficient (Wildman–Crippen LogP) is 2.82. The fraction of sp³-hybridized carbons (Fsp3) is 0. The third-order valence-corrected chi connectivity index (χ3v) is 3.21. The van der Waals surface area contributed by atoms with Crippen molar-refractivity contribution in [1.29, 1.82) is 0 Å². The van der Waals surface area contributed by atoms with Crippen LogP contribution in [0.3, 0.4) is 0 Å². The molecule has 17 heavy (non-hydrogen) atoms. The Balaban J connectivity index is 2.66. The Morgan fingerprint density at radius 1 is 1.12 bits per heavy atom. The Hall–Kier alpha value is -1.59. The highest BCUT2D eigenvalue weighted by molar-refractivity contribution is 7.85. The maximum absolute atomic E-state index is 11.0. The molecular formula is C11H7NO3S2. The van der Waals surface area contributed by atoms with E-state index >= 15 is 0 Å².